The van der Waals surface area contributed by atoms with Crippen LogP contribution in [-0.2, 0) is 0 Å². The van der Waals surface area contributed by atoms with E-state index in [1.165, 1.54) is 11.1 Å². The predicted octanol–water partition coefficient (Wildman–Crippen LogP) is 3.46. The summed E-state index contributed by atoms with van der Waals surface area (Å²) in [5.74, 6) is 0.822. The zero-order chi connectivity index (χ0) is 14.5. The summed E-state index contributed by atoms with van der Waals surface area (Å²) in [7, 11) is 1.65. The number of rotatable bonds is 5. The number of aryl methyl sites for hydroxylation is 2. The van der Waals surface area contributed by atoms with Crippen LogP contribution in [0.25, 0.3) is 0 Å². The van der Waals surface area contributed by atoms with Crippen molar-refractivity contribution in [1.82, 2.24) is 0 Å². The summed E-state index contributed by atoms with van der Waals surface area (Å²) >= 11 is 0. The molecule has 0 fully saturated rings. The Hall–Kier alpha value is -2.00. The second-order valence-electron chi connectivity index (χ2n) is 4.91. The van der Waals surface area contributed by atoms with E-state index in [0.717, 1.165) is 17.0 Å². The van der Waals surface area contributed by atoms with Gasteiger partial charge in [0.25, 0.3) is 0 Å². The first-order valence-electron chi connectivity index (χ1n) is 6.73. The van der Waals surface area contributed by atoms with Crippen LogP contribution < -0.4 is 10.1 Å². The third kappa shape index (κ3) is 3.11. The molecule has 3 heteroatoms. The third-order valence-electron chi connectivity index (χ3n) is 3.50. The molecule has 20 heavy (non-hydrogen) atoms. The average Bonchev–Trinajstić information content (AvgIpc) is 2.46. The first-order chi connectivity index (χ1) is 9.65. The minimum Gasteiger partial charge on any atom is -0.497 e. The van der Waals surface area contributed by atoms with Crippen LogP contribution in [0.4, 0.5) is 5.69 Å². The molecule has 106 valence electrons. The summed E-state index contributed by atoms with van der Waals surface area (Å²) in [5.41, 5.74) is 4.49. The van der Waals surface area contributed by atoms with E-state index >= 15 is 0 Å². The normalized spacial score (nSPS) is 12.0. The van der Waals surface area contributed by atoms with Gasteiger partial charge in [-0.1, -0.05) is 18.2 Å². The number of methoxy groups -OCH3 is 1. The second kappa shape index (κ2) is 6.44. The molecule has 2 aromatic carbocycles. The van der Waals surface area contributed by atoms with E-state index in [1.807, 2.05) is 30.3 Å². The largest absolute Gasteiger partial charge is 0.497 e. The minimum atomic E-state index is -0.107. The zero-order valence-electron chi connectivity index (χ0n) is 12.2. The summed E-state index contributed by atoms with van der Waals surface area (Å²) in [6.45, 7) is 4.19. The fourth-order valence-electron chi connectivity index (χ4n) is 2.47. The van der Waals surface area contributed by atoms with E-state index in [2.05, 4.69) is 31.3 Å². The average molecular weight is 271 g/mol. The molecule has 0 saturated heterocycles. The Labute approximate surface area is 120 Å². The lowest BCUT2D eigenvalue weighted by Gasteiger charge is -2.22. The molecular formula is C17H21NO2. The van der Waals surface area contributed by atoms with E-state index in [1.54, 1.807) is 7.11 Å². The fourth-order valence-corrected chi connectivity index (χ4v) is 2.47. The van der Waals surface area contributed by atoms with Crippen molar-refractivity contribution in [1.29, 1.82) is 0 Å². The highest BCUT2D eigenvalue weighted by molar-refractivity contribution is 5.50. The van der Waals surface area contributed by atoms with Gasteiger partial charge in [-0.05, 0) is 54.8 Å². The van der Waals surface area contributed by atoms with Crippen molar-refractivity contribution in [3.63, 3.8) is 0 Å². The maximum absolute atomic E-state index is 9.70. The fraction of sp³-hybridized carbons (Fsp3) is 0.294. The maximum Gasteiger partial charge on any atom is 0.119 e. The summed E-state index contributed by atoms with van der Waals surface area (Å²) in [6, 6.07) is 13.8. The van der Waals surface area contributed by atoms with Gasteiger partial charge in [-0.25, -0.2) is 0 Å². The van der Waals surface area contributed by atoms with Crippen molar-refractivity contribution in [3.8, 4) is 5.75 Å². The van der Waals surface area contributed by atoms with Gasteiger partial charge < -0.3 is 15.2 Å². The Morgan fingerprint density at radius 3 is 2.15 bits per heavy atom. The first kappa shape index (κ1) is 14.4. The number of hydrogen-bond acceptors (Lipinski definition) is 3. The lowest BCUT2D eigenvalue weighted by molar-refractivity contribution is 0.275. The molecule has 1 unspecified atom stereocenters. The van der Waals surface area contributed by atoms with Crippen LogP contribution in [0.2, 0.25) is 0 Å². The summed E-state index contributed by atoms with van der Waals surface area (Å²) in [4.78, 5) is 0. The second-order valence-corrected chi connectivity index (χ2v) is 4.91. The van der Waals surface area contributed by atoms with Crippen LogP contribution in [0.15, 0.2) is 42.5 Å². The van der Waals surface area contributed by atoms with E-state index in [4.69, 9.17) is 4.74 Å². The Bertz CT molecular complexity index is 543. The molecule has 2 rings (SSSR count). The molecule has 0 amide bonds. The number of anilines is 1. The number of aliphatic hydroxyl groups is 1. The zero-order valence-corrected chi connectivity index (χ0v) is 12.2. The molecule has 0 aliphatic carbocycles. The topological polar surface area (TPSA) is 41.5 Å². The van der Waals surface area contributed by atoms with Crippen LogP contribution in [0.5, 0.6) is 5.75 Å². The van der Waals surface area contributed by atoms with Crippen molar-refractivity contribution in [2.24, 2.45) is 0 Å². The van der Waals surface area contributed by atoms with Gasteiger partial charge in [0.2, 0.25) is 0 Å². The molecule has 0 aliphatic heterocycles. The number of nitrogens with one attached hydrogen (secondary N) is 1. The number of aliphatic hydroxyl groups excluding tert-OH is 1. The van der Waals surface area contributed by atoms with Gasteiger partial charge in [0.05, 0.1) is 19.8 Å². The number of hydrogen-bond donors (Lipinski definition) is 2. The quantitative estimate of drug-likeness (QED) is 0.875. The Morgan fingerprint density at radius 1 is 1.05 bits per heavy atom. The molecule has 2 aromatic rings. The maximum atomic E-state index is 9.70. The third-order valence-corrected chi connectivity index (χ3v) is 3.50. The Balaban J connectivity index is 2.24. The number of benzene rings is 2. The van der Waals surface area contributed by atoms with Crippen LogP contribution in [0, 0.1) is 13.8 Å². The van der Waals surface area contributed by atoms with Crippen molar-refractivity contribution in [2.45, 2.75) is 19.9 Å². The molecule has 0 bridgehead atoms. The Kier molecular flexibility index (Phi) is 4.64. The SMILES string of the molecule is COc1ccc(NC(CO)c2c(C)cccc2C)cc1. The molecule has 0 aromatic heterocycles. The van der Waals surface area contributed by atoms with Gasteiger partial charge in [-0.15, -0.1) is 0 Å². The smallest absolute Gasteiger partial charge is 0.119 e. The molecular weight excluding hydrogens is 250 g/mol. The highest BCUT2D eigenvalue weighted by Crippen LogP contribution is 2.26. The molecule has 0 saturated carbocycles. The summed E-state index contributed by atoms with van der Waals surface area (Å²) < 4.78 is 5.15. The minimum absolute atomic E-state index is 0.0533. The molecule has 0 aliphatic rings. The highest BCUT2D eigenvalue weighted by atomic mass is 16.5. The Morgan fingerprint density at radius 2 is 1.65 bits per heavy atom. The van der Waals surface area contributed by atoms with Crippen LogP contribution in [0.3, 0.4) is 0 Å². The van der Waals surface area contributed by atoms with Gasteiger partial charge in [-0.2, -0.15) is 0 Å². The molecule has 2 N–H and O–H groups in total. The van der Waals surface area contributed by atoms with Crippen LogP contribution >= 0.6 is 0 Å². The van der Waals surface area contributed by atoms with Gasteiger partial charge in [0.15, 0.2) is 0 Å². The van der Waals surface area contributed by atoms with Crippen molar-refractivity contribution in [3.05, 3.63) is 59.2 Å². The number of ether oxygens (including phenoxy) is 1. The van der Waals surface area contributed by atoms with Gasteiger partial charge in [-0.3, -0.25) is 0 Å². The first-order valence-corrected chi connectivity index (χ1v) is 6.73. The molecule has 0 spiro atoms. The monoisotopic (exact) mass is 271 g/mol. The lowest BCUT2D eigenvalue weighted by Crippen LogP contribution is -2.17. The van der Waals surface area contributed by atoms with Gasteiger partial charge in [0, 0.05) is 5.69 Å². The predicted molar refractivity (Wildman–Crippen MR) is 82.4 cm³/mol. The van der Waals surface area contributed by atoms with Crippen molar-refractivity contribution < 1.29 is 9.84 Å². The summed E-state index contributed by atoms with van der Waals surface area (Å²) in [6.07, 6.45) is 0. The molecule has 0 heterocycles. The van der Waals surface area contributed by atoms with Crippen LogP contribution in [0.1, 0.15) is 22.7 Å². The summed E-state index contributed by atoms with van der Waals surface area (Å²) in [5, 5.41) is 13.1. The molecule has 0 radical (unpaired) electrons. The molecule has 3 nitrogen and oxygen atoms in total. The van der Waals surface area contributed by atoms with E-state index < -0.39 is 0 Å². The van der Waals surface area contributed by atoms with Gasteiger partial charge >= 0.3 is 0 Å². The highest BCUT2D eigenvalue weighted by Gasteiger charge is 2.15. The van der Waals surface area contributed by atoms with Crippen molar-refractivity contribution in [2.75, 3.05) is 19.0 Å². The van der Waals surface area contributed by atoms with E-state index in [9.17, 15) is 5.11 Å². The standard InChI is InChI=1S/C17H21NO2/c1-12-5-4-6-13(2)17(12)16(11-19)18-14-7-9-15(20-3)10-8-14/h4-10,16,18-19H,11H2,1-3H3. The van der Waals surface area contributed by atoms with Crippen molar-refractivity contribution >= 4 is 5.69 Å². The van der Waals surface area contributed by atoms with E-state index in [-0.39, 0.29) is 12.6 Å². The lowest BCUT2D eigenvalue weighted by atomic mass is 9.96. The van der Waals surface area contributed by atoms with E-state index in [0.29, 0.717) is 0 Å². The van der Waals surface area contributed by atoms with Crippen LogP contribution in [-0.4, -0.2) is 18.8 Å². The molecule has 1 atom stereocenters. The van der Waals surface area contributed by atoms with Gasteiger partial charge in [0.1, 0.15) is 5.75 Å².